The molecule has 3 nitrogen and oxygen atoms in total. The second-order valence-electron chi connectivity index (χ2n) is 3.09. The Balaban J connectivity index is 0.00000196. The first-order valence-electron chi connectivity index (χ1n) is 4.05. The number of hydrogen-bond donors (Lipinski definition) is 0. The van der Waals surface area contributed by atoms with Crippen LogP contribution in [-0.2, 0) is 10.1 Å². The van der Waals surface area contributed by atoms with Crippen LogP contribution in [0.15, 0.2) is 49.1 Å². The largest absolute Gasteiger partial charge is 1.00 e. The molecular formula is C10H11NaO3S. The SMILES string of the molecule is C=CC1=CC=CC(C=C)(S(=O)(=O)[O-])C1.[Na+]. The zero-order valence-electron chi connectivity index (χ0n) is 8.64. The molecule has 0 aromatic heterocycles. The standard InChI is InChI=1S/C10H12O3S.Na/c1-3-9-6-5-7-10(4-2,8-9)14(11,12)13;/h3-7H,1-2,8H2,(H,11,12,13);/q;+1/p-1. The molecule has 0 aromatic rings. The van der Waals surface area contributed by atoms with Crippen molar-refractivity contribution < 1.29 is 42.5 Å². The summed E-state index contributed by atoms with van der Waals surface area (Å²) < 4.78 is 31.7. The molecule has 0 amide bonds. The van der Waals surface area contributed by atoms with E-state index in [-0.39, 0.29) is 36.0 Å². The summed E-state index contributed by atoms with van der Waals surface area (Å²) in [7, 11) is -4.42. The van der Waals surface area contributed by atoms with E-state index in [4.69, 9.17) is 0 Å². The van der Waals surface area contributed by atoms with Gasteiger partial charge in [-0.15, -0.1) is 6.58 Å². The van der Waals surface area contributed by atoms with Gasteiger partial charge in [-0.2, -0.15) is 0 Å². The molecule has 1 unspecified atom stereocenters. The van der Waals surface area contributed by atoms with Crippen LogP contribution in [0, 0.1) is 0 Å². The third kappa shape index (κ3) is 2.92. The molecule has 0 bridgehead atoms. The van der Waals surface area contributed by atoms with Crippen molar-refractivity contribution >= 4 is 10.1 Å². The van der Waals surface area contributed by atoms with Crippen molar-refractivity contribution in [2.45, 2.75) is 11.2 Å². The second kappa shape index (κ2) is 5.27. The third-order valence-corrected chi connectivity index (χ3v) is 3.62. The van der Waals surface area contributed by atoms with Gasteiger partial charge in [0.05, 0.1) is 0 Å². The number of rotatable bonds is 3. The van der Waals surface area contributed by atoms with Crippen molar-refractivity contribution in [1.29, 1.82) is 0 Å². The summed E-state index contributed by atoms with van der Waals surface area (Å²) in [5, 5.41) is 0. The van der Waals surface area contributed by atoms with Crippen LogP contribution in [0.3, 0.4) is 0 Å². The van der Waals surface area contributed by atoms with Crippen molar-refractivity contribution in [3.63, 3.8) is 0 Å². The number of allylic oxidation sites excluding steroid dienone is 4. The van der Waals surface area contributed by atoms with Crippen LogP contribution in [0.25, 0.3) is 0 Å². The molecule has 5 heteroatoms. The topological polar surface area (TPSA) is 57.2 Å². The van der Waals surface area contributed by atoms with E-state index in [9.17, 15) is 13.0 Å². The van der Waals surface area contributed by atoms with Crippen LogP contribution in [0.5, 0.6) is 0 Å². The Morgan fingerprint density at radius 3 is 2.47 bits per heavy atom. The van der Waals surface area contributed by atoms with Crippen LogP contribution in [0.4, 0.5) is 0 Å². The zero-order chi connectivity index (χ0) is 10.8. The monoisotopic (exact) mass is 234 g/mol. The molecule has 1 aliphatic rings. The molecule has 0 heterocycles. The fourth-order valence-electron chi connectivity index (χ4n) is 1.33. The predicted octanol–water partition coefficient (Wildman–Crippen LogP) is -1.47. The summed E-state index contributed by atoms with van der Waals surface area (Å²) in [4.78, 5) is 0. The number of hydrogen-bond acceptors (Lipinski definition) is 3. The predicted molar refractivity (Wildman–Crippen MR) is 54.7 cm³/mol. The maximum Gasteiger partial charge on any atom is 1.00 e. The van der Waals surface area contributed by atoms with E-state index in [1.165, 1.54) is 24.3 Å². The van der Waals surface area contributed by atoms with Crippen molar-refractivity contribution in [2.24, 2.45) is 0 Å². The van der Waals surface area contributed by atoms with Crippen LogP contribution in [0.2, 0.25) is 0 Å². The molecule has 0 saturated heterocycles. The smallest absolute Gasteiger partial charge is 0.747 e. The molecule has 1 atom stereocenters. The maximum atomic E-state index is 11.1. The van der Waals surface area contributed by atoms with Gasteiger partial charge in [-0.25, -0.2) is 8.42 Å². The van der Waals surface area contributed by atoms with Crippen LogP contribution in [-0.4, -0.2) is 17.7 Å². The summed E-state index contributed by atoms with van der Waals surface area (Å²) in [6, 6.07) is 0. The Bertz CT molecular complexity index is 420. The summed E-state index contributed by atoms with van der Waals surface area (Å²) in [6.45, 7) is 6.93. The molecule has 0 spiro atoms. The summed E-state index contributed by atoms with van der Waals surface area (Å²) in [5.41, 5.74) is 0.715. The first-order chi connectivity index (χ1) is 6.45. The fraction of sp³-hybridized carbons (Fsp3) is 0.200. The molecule has 0 aliphatic heterocycles. The van der Waals surface area contributed by atoms with E-state index in [0.29, 0.717) is 5.57 Å². The first-order valence-corrected chi connectivity index (χ1v) is 5.46. The quantitative estimate of drug-likeness (QED) is 0.340. The van der Waals surface area contributed by atoms with Gasteiger partial charge in [-0.3, -0.25) is 0 Å². The maximum absolute atomic E-state index is 11.1. The summed E-state index contributed by atoms with van der Waals surface area (Å²) in [5.74, 6) is 0. The Hall–Kier alpha value is -0.130. The fourth-order valence-corrected chi connectivity index (χ4v) is 2.12. The molecular weight excluding hydrogens is 223 g/mol. The summed E-state index contributed by atoms with van der Waals surface area (Å²) >= 11 is 0. The molecule has 1 aliphatic carbocycles. The molecule has 0 aromatic carbocycles. The van der Waals surface area contributed by atoms with Crippen molar-refractivity contribution in [2.75, 3.05) is 0 Å². The van der Waals surface area contributed by atoms with Gasteiger partial charge in [0, 0.05) is 0 Å². The molecule has 1 rings (SSSR count). The minimum absolute atomic E-state index is 0. The molecule has 15 heavy (non-hydrogen) atoms. The van der Waals surface area contributed by atoms with Gasteiger partial charge < -0.3 is 4.55 Å². The average Bonchev–Trinajstić information content (AvgIpc) is 2.16. The Labute approximate surface area is 112 Å². The van der Waals surface area contributed by atoms with Gasteiger partial charge in [0.25, 0.3) is 0 Å². The van der Waals surface area contributed by atoms with Crippen LogP contribution >= 0.6 is 0 Å². The van der Waals surface area contributed by atoms with Crippen molar-refractivity contribution in [3.8, 4) is 0 Å². The summed E-state index contributed by atoms with van der Waals surface area (Å²) in [6.07, 6.45) is 7.44. The van der Waals surface area contributed by atoms with Crippen molar-refractivity contribution in [3.05, 3.63) is 49.1 Å². The van der Waals surface area contributed by atoms with Gasteiger partial charge in [0.2, 0.25) is 0 Å². The van der Waals surface area contributed by atoms with E-state index in [2.05, 4.69) is 13.2 Å². The van der Waals surface area contributed by atoms with Gasteiger partial charge in [-0.1, -0.05) is 37.0 Å². The zero-order valence-corrected chi connectivity index (χ0v) is 11.5. The van der Waals surface area contributed by atoms with E-state index < -0.39 is 14.9 Å². The van der Waals surface area contributed by atoms with Gasteiger partial charge in [-0.05, 0) is 12.0 Å². The Kier molecular flexibility index (Phi) is 5.23. The van der Waals surface area contributed by atoms with Crippen LogP contribution in [0.1, 0.15) is 6.42 Å². The molecule has 0 N–H and O–H groups in total. The van der Waals surface area contributed by atoms with E-state index in [1.807, 2.05) is 0 Å². The first kappa shape index (κ1) is 14.9. The second-order valence-corrected chi connectivity index (χ2v) is 4.76. The van der Waals surface area contributed by atoms with Gasteiger partial charge >= 0.3 is 29.6 Å². The van der Waals surface area contributed by atoms with E-state index >= 15 is 0 Å². The van der Waals surface area contributed by atoms with Gasteiger partial charge in [0.1, 0.15) is 14.9 Å². The normalized spacial score (nSPS) is 25.0. The third-order valence-electron chi connectivity index (χ3n) is 2.24. The molecule has 76 valence electrons. The van der Waals surface area contributed by atoms with Gasteiger partial charge in [0.15, 0.2) is 0 Å². The van der Waals surface area contributed by atoms with E-state index in [1.54, 1.807) is 6.08 Å². The molecule has 0 fully saturated rings. The molecule has 0 radical (unpaired) electrons. The minimum Gasteiger partial charge on any atom is -0.747 e. The minimum atomic E-state index is -4.42. The Morgan fingerprint density at radius 2 is 2.07 bits per heavy atom. The average molecular weight is 234 g/mol. The van der Waals surface area contributed by atoms with Crippen molar-refractivity contribution in [1.82, 2.24) is 0 Å². The molecule has 0 saturated carbocycles. The van der Waals surface area contributed by atoms with E-state index in [0.717, 1.165) is 0 Å². The Morgan fingerprint density at radius 1 is 1.47 bits per heavy atom. The van der Waals surface area contributed by atoms with Crippen LogP contribution < -0.4 is 29.6 Å².